The summed E-state index contributed by atoms with van der Waals surface area (Å²) in [5.41, 5.74) is 0.978. The molecular weight excluding hydrogens is 395 g/mol. The Balaban J connectivity index is 1.96. The van der Waals surface area contributed by atoms with E-state index in [1.165, 1.54) is 0 Å². The first-order valence-corrected chi connectivity index (χ1v) is 10.7. The first-order valence-electron chi connectivity index (χ1n) is 10.7. The molecule has 0 unspecified atom stereocenters. The van der Waals surface area contributed by atoms with Crippen molar-refractivity contribution in [1.29, 1.82) is 0 Å². The van der Waals surface area contributed by atoms with Gasteiger partial charge in [0, 0.05) is 19.1 Å². The van der Waals surface area contributed by atoms with Gasteiger partial charge < -0.3 is 25.6 Å². The molecule has 3 amide bonds. The normalized spacial score (nSPS) is 17.6. The van der Waals surface area contributed by atoms with Crippen LogP contribution in [-0.4, -0.2) is 59.1 Å². The van der Waals surface area contributed by atoms with Crippen LogP contribution in [0.3, 0.4) is 0 Å². The molecule has 1 aliphatic rings. The van der Waals surface area contributed by atoms with E-state index in [1.54, 1.807) is 11.0 Å². The van der Waals surface area contributed by atoms with Crippen LogP contribution in [0.4, 0.5) is 4.79 Å². The molecular formula is C22H31BN4O4. The van der Waals surface area contributed by atoms with Crippen LogP contribution in [0.15, 0.2) is 42.1 Å². The number of rotatable bonds is 8. The summed E-state index contributed by atoms with van der Waals surface area (Å²) in [6, 6.07) is 8.50. The minimum absolute atomic E-state index is 0.0895. The van der Waals surface area contributed by atoms with Gasteiger partial charge in [0.1, 0.15) is 0 Å². The van der Waals surface area contributed by atoms with E-state index in [2.05, 4.69) is 15.5 Å². The zero-order valence-electron chi connectivity index (χ0n) is 18.1. The van der Waals surface area contributed by atoms with Crippen LogP contribution in [0.5, 0.6) is 0 Å². The number of piperidine rings is 1. The summed E-state index contributed by atoms with van der Waals surface area (Å²) in [6.45, 7) is 11.9. The molecule has 1 saturated heterocycles. The number of likely N-dealkylation sites (tertiary alicyclic amines) is 1. The Labute approximate surface area is 184 Å². The van der Waals surface area contributed by atoms with Crippen molar-refractivity contribution in [2.45, 2.75) is 51.5 Å². The van der Waals surface area contributed by atoms with Gasteiger partial charge in [-0.05, 0) is 37.2 Å². The van der Waals surface area contributed by atoms with Crippen molar-refractivity contribution < 1.29 is 19.6 Å². The van der Waals surface area contributed by atoms with Crippen molar-refractivity contribution in [2.24, 2.45) is 5.92 Å². The Hall–Kier alpha value is -2.83. The van der Waals surface area contributed by atoms with Crippen molar-refractivity contribution in [3.8, 4) is 0 Å². The maximum Gasteiger partial charge on any atom is 0.475 e. The molecule has 1 aliphatic heterocycles. The first-order chi connectivity index (χ1) is 14.8. The van der Waals surface area contributed by atoms with Gasteiger partial charge in [-0.3, -0.25) is 4.79 Å². The lowest BCUT2D eigenvalue weighted by molar-refractivity contribution is -0.130. The Kier molecular flexibility index (Phi) is 9.57. The summed E-state index contributed by atoms with van der Waals surface area (Å²) in [5, 5.41) is 24.6. The van der Waals surface area contributed by atoms with Gasteiger partial charge >= 0.3 is 13.1 Å². The van der Waals surface area contributed by atoms with Gasteiger partial charge in [-0.1, -0.05) is 50.3 Å². The molecule has 0 aliphatic carbocycles. The van der Waals surface area contributed by atoms with E-state index in [0.717, 1.165) is 24.8 Å². The van der Waals surface area contributed by atoms with Gasteiger partial charge in [0.25, 0.3) is 5.91 Å². The quantitative estimate of drug-likeness (QED) is 0.289. The summed E-state index contributed by atoms with van der Waals surface area (Å²) in [7, 11) is -1.71. The maximum absolute atomic E-state index is 12.8. The molecule has 1 fully saturated rings. The van der Waals surface area contributed by atoms with E-state index in [0.29, 0.717) is 6.54 Å². The lowest BCUT2D eigenvalue weighted by Gasteiger charge is -2.36. The molecule has 1 heterocycles. The third kappa shape index (κ3) is 7.74. The number of carbonyl (C=O) groups excluding carboxylic acids is 2. The van der Waals surface area contributed by atoms with Gasteiger partial charge in [-0.15, -0.1) is 0 Å². The van der Waals surface area contributed by atoms with Crippen molar-refractivity contribution in [3.63, 3.8) is 0 Å². The van der Waals surface area contributed by atoms with Crippen LogP contribution >= 0.6 is 0 Å². The number of urea groups is 1. The lowest BCUT2D eigenvalue weighted by Crippen LogP contribution is -2.54. The monoisotopic (exact) mass is 426 g/mol. The molecule has 0 bridgehead atoms. The third-order valence-corrected chi connectivity index (χ3v) is 5.19. The smallest absolute Gasteiger partial charge is 0.426 e. The largest absolute Gasteiger partial charge is 0.475 e. The van der Waals surface area contributed by atoms with Crippen LogP contribution in [0, 0.1) is 12.5 Å². The number of amides is 3. The van der Waals surface area contributed by atoms with Crippen LogP contribution in [0.2, 0.25) is 0 Å². The van der Waals surface area contributed by atoms with Crippen molar-refractivity contribution in [1.82, 2.24) is 15.5 Å². The Morgan fingerprint density at radius 2 is 2.00 bits per heavy atom. The summed E-state index contributed by atoms with van der Waals surface area (Å²) >= 11 is 0. The molecule has 0 spiro atoms. The van der Waals surface area contributed by atoms with Crippen LogP contribution in [0.25, 0.3) is 4.85 Å². The zero-order chi connectivity index (χ0) is 22.8. The molecule has 0 saturated carbocycles. The molecule has 1 aromatic rings. The number of benzene rings is 1. The van der Waals surface area contributed by atoms with Gasteiger partial charge in [0.05, 0.1) is 12.5 Å². The van der Waals surface area contributed by atoms with Crippen LogP contribution < -0.4 is 10.6 Å². The molecule has 0 radical (unpaired) electrons. The third-order valence-electron chi connectivity index (χ3n) is 5.19. The first kappa shape index (κ1) is 24.4. The molecule has 166 valence electrons. The fourth-order valence-corrected chi connectivity index (χ4v) is 3.63. The highest BCUT2D eigenvalue weighted by atomic mass is 16.4. The topological polar surface area (TPSA) is 106 Å². The van der Waals surface area contributed by atoms with E-state index in [-0.39, 0.29) is 36.5 Å². The summed E-state index contributed by atoms with van der Waals surface area (Å²) < 4.78 is 0. The summed E-state index contributed by atoms with van der Waals surface area (Å²) in [6.07, 6.45) is 4.46. The highest BCUT2D eigenvalue weighted by molar-refractivity contribution is 6.43. The van der Waals surface area contributed by atoms with Gasteiger partial charge in [0.2, 0.25) is 5.70 Å². The van der Waals surface area contributed by atoms with Crippen LogP contribution in [0.1, 0.15) is 38.7 Å². The highest BCUT2D eigenvalue weighted by Crippen LogP contribution is 2.20. The predicted octanol–water partition coefficient (Wildman–Crippen LogP) is 1.75. The van der Waals surface area contributed by atoms with E-state index in [4.69, 9.17) is 6.57 Å². The number of hydrogen-bond acceptors (Lipinski definition) is 4. The molecule has 4 N–H and O–H groups in total. The van der Waals surface area contributed by atoms with Gasteiger partial charge in [-0.25, -0.2) is 9.64 Å². The molecule has 2 atom stereocenters. The van der Waals surface area contributed by atoms with Gasteiger partial charge in [0.15, 0.2) is 0 Å². The second-order valence-corrected chi connectivity index (χ2v) is 8.12. The Bertz CT molecular complexity index is 807. The van der Waals surface area contributed by atoms with E-state index >= 15 is 0 Å². The minimum atomic E-state index is -1.71. The molecule has 2 rings (SSSR count). The van der Waals surface area contributed by atoms with E-state index < -0.39 is 19.1 Å². The van der Waals surface area contributed by atoms with Crippen molar-refractivity contribution in [3.05, 3.63) is 59.1 Å². The maximum atomic E-state index is 12.8. The second-order valence-electron chi connectivity index (χ2n) is 8.12. The summed E-state index contributed by atoms with van der Waals surface area (Å²) in [4.78, 5) is 30.3. The SMILES string of the molecule is [C-]#[N+]C(=CC(C)C)C(=O)N1CCCC[C@H]1CNC(=O)N[C@@H](Cc1ccccc1)B(O)O. The zero-order valence-corrected chi connectivity index (χ0v) is 18.1. The number of carbonyl (C=O) groups is 2. The molecule has 9 heteroatoms. The average molecular weight is 426 g/mol. The number of nitrogens with zero attached hydrogens (tertiary/aromatic N) is 2. The number of hydrogen-bond donors (Lipinski definition) is 4. The highest BCUT2D eigenvalue weighted by Gasteiger charge is 2.30. The van der Waals surface area contributed by atoms with Crippen molar-refractivity contribution in [2.75, 3.05) is 13.1 Å². The molecule has 8 nitrogen and oxygen atoms in total. The Morgan fingerprint density at radius 1 is 1.29 bits per heavy atom. The minimum Gasteiger partial charge on any atom is -0.426 e. The van der Waals surface area contributed by atoms with E-state index in [9.17, 15) is 19.6 Å². The second kappa shape index (κ2) is 12.1. The van der Waals surface area contributed by atoms with Crippen LogP contribution in [-0.2, 0) is 11.2 Å². The number of nitrogens with one attached hydrogen (secondary N) is 2. The molecule has 31 heavy (non-hydrogen) atoms. The molecule has 0 aromatic heterocycles. The standard InChI is InChI=1S/C22H31BN4O4/c1-16(2)13-19(24-3)21(28)27-12-8-7-11-18(27)15-25-22(29)26-20(23(30)31)14-17-9-5-4-6-10-17/h4-6,9-10,13,16,18,20,30-31H,7-8,11-12,14-15H2,1-2H3,(H2,25,26,29)/t18-,20-/m0/s1. The number of allylic oxidation sites excluding steroid dienone is 1. The average Bonchev–Trinajstić information content (AvgIpc) is 2.75. The van der Waals surface area contributed by atoms with E-state index in [1.807, 2.05) is 44.2 Å². The predicted molar refractivity (Wildman–Crippen MR) is 120 cm³/mol. The fraction of sp³-hybridized carbons (Fsp3) is 0.500. The Morgan fingerprint density at radius 3 is 2.61 bits per heavy atom. The summed E-state index contributed by atoms with van der Waals surface area (Å²) in [5.74, 6) is -1.08. The molecule has 1 aromatic carbocycles. The van der Waals surface area contributed by atoms with Crippen molar-refractivity contribution >= 4 is 19.1 Å². The lowest BCUT2D eigenvalue weighted by atomic mass is 9.76. The fourth-order valence-electron chi connectivity index (χ4n) is 3.63. The van der Waals surface area contributed by atoms with Gasteiger partial charge in [-0.2, -0.15) is 0 Å².